The van der Waals surface area contributed by atoms with Crippen LogP contribution in [0.2, 0.25) is 0 Å². The number of rotatable bonds is 3. The first-order chi connectivity index (χ1) is 7.81. The van der Waals surface area contributed by atoms with Crippen LogP contribution in [0, 0.1) is 5.92 Å². The maximum absolute atomic E-state index is 3.51. The second-order valence-corrected chi connectivity index (χ2v) is 4.99. The van der Waals surface area contributed by atoms with Crippen molar-refractivity contribution in [3.8, 4) is 0 Å². The molecule has 16 heavy (non-hydrogen) atoms. The van der Waals surface area contributed by atoms with E-state index in [0.717, 1.165) is 12.3 Å². The molecule has 1 N–H and O–H groups in total. The summed E-state index contributed by atoms with van der Waals surface area (Å²) in [6.45, 7) is 6.98. The quantitative estimate of drug-likeness (QED) is 0.818. The van der Waals surface area contributed by atoms with E-state index in [2.05, 4.69) is 43.4 Å². The molecule has 2 rings (SSSR count). The third kappa shape index (κ3) is 2.65. The lowest BCUT2D eigenvalue weighted by atomic mass is 9.83. The van der Waals surface area contributed by atoms with E-state index in [1.165, 1.54) is 37.1 Å². The lowest BCUT2D eigenvalue weighted by molar-refractivity contribution is 0.334. The van der Waals surface area contributed by atoms with Gasteiger partial charge in [-0.2, -0.15) is 0 Å². The Balaban J connectivity index is 2.04. The van der Waals surface area contributed by atoms with E-state index < -0.39 is 0 Å². The van der Waals surface area contributed by atoms with E-state index >= 15 is 0 Å². The highest BCUT2D eigenvalue weighted by Crippen LogP contribution is 2.29. The van der Waals surface area contributed by atoms with Crippen LogP contribution >= 0.6 is 0 Å². The molecular formula is C15H23N. The highest BCUT2D eigenvalue weighted by molar-refractivity contribution is 5.25. The van der Waals surface area contributed by atoms with Gasteiger partial charge in [-0.05, 0) is 55.3 Å². The van der Waals surface area contributed by atoms with Crippen LogP contribution in [0.4, 0.5) is 0 Å². The summed E-state index contributed by atoms with van der Waals surface area (Å²) in [5.74, 6) is 1.51. The summed E-state index contributed by atoms with van der Waals surface area (Å²) < 4.78 is 0. The zero-order valence-corrected chi connectivity index (χ0v) is 10.5. The second-order valence-electron chi connectivity index (χ2n) is 4.99. The van der Waals surface area contributed by atoms with Crippen LogP contribution in [0.5, 0.6) is 0 Å². The van der Waals surface area contributed by atoms with E-state index in [-0.39, 0.29) is 0 Å². The van der Waals surface area contributed by atoms with E-state index in [9.17, 15) is 0 Å². The minimum absolute atomic E-state index is 0.693. The average molecular weight is 217 g/mol. The molecule has 1 heterocycles. The maximum atomic E-state index is 3.51. The molecule has 88 valence electrons. The highest BCUT2D eigenvalue weighted by Gasteiger charge is 2.20. The van der Waals surface area contributed by atoms with Gasteiger partial charge in [-0.3, -0.25) is 0 Å². The van der Waals surface area contributed by atoms with Crippen LogP contribution in [-0.4, -0.2) is 13.1 Å². The molecule has 1 saturated heterocycles. The lowest BCUT2D eigenvalue weighted by Crippen LogP contribution is -2.32. The van der Waals surface area contributed by atoms with Crippen molar-refractivity contribution in [2.24, 2.45) is 5.92 Å². The Morgan fingerprint density at radius 2 is 2.06 bits per heavy atom. The number of nitrogens with one attached hydrogen (secondary N) is 1. The maximum Gasteiger partial charge on any atom is -0.00148 e. The molecule has 0 aromatic heterocycles. The van der Waals surface area contributed by atoms with E-state index in [1.807, 2.05) is 0 Å². The van der Waals surface area contributed by atoms with Gasteiger partial charge in [0.2, 0.25) is 0 Å². The van der Waals surface area contributed by atoms with Crippen LogP contribution in [0.1, 0.15) is 43.7 Å². The summed E-state index contributed by atoms with van der Waals surface area (Å²) in [6, 6.07) is 9.19. The van der Waals surface area contributed by atoms with Crippen molar-refractivity contribution in [2.75, 3.05) is 13.1 Å². The topological polar surface area (TPSA) is 12.0 Å². The van der Waals surface area contributed by atoms with Gasteiger partial charge in [-0.15, -0.1) is 0 Å². The standard InChI is InChI=1S/C15H23N/c1-3-13-6-8-14(9-7-13)12(2)15-5-4-10-16-11-15/h6-9,12,15-16H,3-5,10-11H2,1-2H3. The van der Waals surface area contributed by atoms with E-state index in [0.29, 0.717) is 5.92 Å². The van der Waals surface area contributed by atoms with E-state index in [4.69, 9.17) is 0 Å². The predicted molar refractivity (Wildman–Crippen MR) is 69.8 cm³/mol. The van der Waals surface area contributed by atoms with Crippen LogP contribution in [0.25, 0.3) is 0 Å². The molecule has 1 fully saturated rings. The molecule has 0 saturated carbocycles. The molecule has 0 spiro atoms. The third-order valence-corrected chi connectivity index (χ3v) is 3.96. The van der Waals surface area contributed by atoms with Crippen molar-refractivity contribution < 1.29 is 0 Å². The molecule has 1 heteroatoms. The second kappa shape index (κ2) is 5.49. The lowest BCUT2D eigenvalue weighted by Gasteiger charge is -2.28. The fraction of sp³-hybridized carbons (Fsp3) is 0.600. The van der Waals surface area contributed by atoms with Gasteiger partial charge in [0, 0.05) is 0 Å². The first kappa shape index (κ1) is 11.7. The first-order valence-corrected chi connectivity index (χ1v) is 6.60. The smallest absolute Gasteiger partial charge is 0.00148 e. The van der Waals surface area contributed by atoms with Crippen molar-refractivity contribution in [3.63, 3.8) is 0 Å². The molecule has 0 bridgehead atoms. The molecule has 1 aromatic rings. The van der Waals surface area contributed by atoms with Gasteiger partial charge in [0.1, 0.15) is 0 Å². The number of benzene rings is 1. The van der Waals surface area contributed by atoms with Gasteiger partial charge in [0.25, 0.3) is 0 Å². The largest absolute Gasteiger partial charge is 0.316 e. The zero-order valence-electron chi connectivity index (χ0n) is 10.5. The van der Waals surface area contributed by atoms with Crippen LogP contribution in [0.3, 0.4) is 0 Å². The number of hydrogen-bond acceptors (Lipinski definition) is 1. The van der Waals surface area contributed by atoms with Gasteiger partial charge in [0.05, 0.1) is 0 Å². The number of piperidine rings is 1. The molecular weight excluding hydrogens is 194 g/mol. The van der Waals surface area contributed by atoms with Crippen molar-refractivity contribution in [2.45, 2.75) is 39.0 Å². The van der Waals surface area contributed by atoms with Gasteiger partial charge in [-0.25, -0.2) is 0 Å². The Kier molecular flexibility index (Phi) is 4.00. The fourth-order valence-electron chi connectivity index (χ4n) is 2.63. The van der Waals surface area contributed by atoms with Crippen LogP contribution in [0.15, 0.2) is 24.3 Å². The summed E-state index contributed by atoms with van der Waals surface area (Å²) in [7, 11) is 0. The first-order valence-electron chi connectivity index (χ1n) is 6.60. The number of aryl methyl sites for hydroxylation is 1. The van der Waals surface area contributed by atoms with Crippen molar-refractivity contribution in [1.82, 2.24) is 5.32 Å². The third-order valence-electron chi connectivity index (χ3n) is 3.96. The molecule has 0 aliphatic carbocycles. The summed E-state index contributed by atoms with van der Waals surface area (Å²) in [6.07, 6.45) is 3.85. The molecule has 1 aliphatic rings. The van der Waals surface area contributed by atoms with Gasteiger partial charge in [0.15, 0.2) is 0 Å². The van der Waals surface area contributed by atoms with E-state index in [1.54, 1.807) is 0 Å². The van der Waals surface area contributed by atoms with Crippen LogP contribution in [-0.2, 0) is 6.42 Å². The Labute approximate surface area is 99.3 Å². The van der Waals surface area contributed by atoms with Gasteiger partial charge < -0.3 is 5.32 Å². The molecule has 1 aromatic carbocycles. The van der Waals surface area contributed by atoms with Gasteiger partial charge >= 0.3 is 0 Å². The fourth-order valence-corrected chi connectivity index (χ4v) is 2.63. The summed E-state index contributed by atoms with van der Waals surface area (Å²) in [4.78, 5) is 0. The normalized spacial score (nSPS) is 23.0. The predicted octanol–water partition coefficient (Wildman–Crippen LogP) is 3.35. The van der Waals surface area contributed by atoms with Crippen molar-refractivity contribution in [3.05, 3.63) is 35.4 Å². The van der Waals surface area contributed by atoms with Crippen molar-refractivity contribution in [1.29, 1.82) is 0 Å². The Hall–Kier alpha value is -0.820. The van der Waals surface area contributed by atoms with Gasteiger partial charge in [-0.1, -0.05) is 38.1 Å². The zero-order chi connectivity index (χ0) is 11.4. The minimum atomic E-state index is 0.693. The average Bonchev–Trinajstić information content (AvgIpc) is 2.39. The highest BCUT2D eigenvalue weighted by atomic mass is 14.9. The molecule has 1 nitrogen and oxygen atoms in total. The Morgan fingerprint density at radius 1 is 1.31 bits per heavy atom. The molecule has 0 amide bonds. The Bertz CT molecular complexity index is 309. The summed E-state index contributed by atoms with van der Waals surface area (Å²) >= 11 is 0. The molecule has 0 radical (unpaired) electrons. The SMILES string of the molecule is CCc1ccc(C(C)C2CCCNC2)cc1. The monoisotopic (exact) mass is 217 g/mol. The Morgan fingerprint density at radius 3 is 2.62 bits per heavy atom. The minimum Gasteiger partial charge on any atom is -0.316 e. The molecule has 2 atom stereocenters. The summed E-state index contributed by atoms with van der Waals surface area (Å²) in [5, 5.41) is 3.51. The number of hydrogen-bond donors (Lipinski definition) is 1. The van der Waals surface area contributed by atoms with Crippen LogP contribution < -0.4 is 5.32 Å². The summed E-state index contributed by atoms with van der Waals surface area (Å²) in [5.41, 5.74) is 2.95. The molecule has 2 unspecified atom stereocenters. The molecule has 1 aliphatic heterocycles. The van der Waals surface area contributed by atoms with Crippen molar-refractivity contribution >= 4 is 0 Å².